The molecular formula is C14H14ClNO3. The van der Waals surface area contributed by atoms with Crippen molar-refractivity contribution in [1.82, 2.24) is 4.98 Å². The first kappa shape index (κ1) is 12.6. The Morgan fingerprint density at radius 2 is 2.05 bits per heavy atom. The topological polar surface area (TPSA) is 56.3 Å². The van der Waals surface area contributed by atoms with E-state index in [0.29, 0.717) is 10.7 Å². The number of esters is 1. The smallest absolute Gasteiger partial charge is 0.310 e. The summed E-state index contributed by atoms with van der Waals surface area (Å²) in [4.78, 5) is 28.2. The number of ketones is 1. The fourth-order valence-corrected chi connectivity index (χ4v) is 2.94. The van der Waals surface area contributed by atoms with Crippen molar-refractivity contribution in [1.29, 1.82) is 0 Å². The number of carbonyl (C=O) groups is 2. The maximum atomic E-state index is 12.2. The molecule has 5 heteroatoms. The first-order chi connectivity index (χ1) is 8.79. The minimum atomic E-state index is -0.530. The molecule has 3 atom stereocenters. The molecule has 0 unspecified atom stereocenters. The van der Waals surface area contributed by atoms with Gasteiger partial charge in [0.05, 0.1) is 5.92 Å². The molecule has 0 saturated heterocycles. The van der Waals surface area contributed by atoms with E-state index in [9.17, 15) is 9.59 Å². The van der Waals surface area contributed by atoms with Crippen molar-refractivity contribution < 1.29 is 14.3 Å². The van der Waals surface area contributed by atoms with E-state index in [2.05, 4.69) is 4.98 Å². The molecular weight excluding hydrogens is 266 g/mol. The highest BCUT2D eigenvalue weighted by Crippen LogP contribution is 2.61. The van der Waals surface area contributed by atoms with Crippen molar-refractivity contribution in [3.63, 3.8) is 0 Å². The van der Waals surface area contributed by atoms with E-state index in [4.69, 9.17) is 16.3 Å². The molecule has 0 aliphatic heterocycles. The number of hydrogen-bond acceptors (Lipinski definition) is 4. The lowest BCUT2D eigenvalue weighted by Gasteiger charge is -2.20. The first-order valence-corrected chi connectivity index (χ1v) is 6.60. The lowest BCUT2D eigenvalue weighted by molar-refractivity contribution is -0.156. The van der Waals surface area contributed by atoms with Crippen LogP contribution in [0.15, 0.2) is 12.3 Å². The van der Waals surface area contributed by atoms with Gasteiger partial charge < -0.3 is 4.74 Å². The van der Waals surface area contributed by atoms with E-state index in [1.54, 1.807) is 12.3 Å². The van der Waals surface area contributed by atoms with Gasteiger partial charge in [0.1, 0.15) is 10.8 Å². The third kappa shape index (κ3) is 1.94. The number of Topliss-reactive ketones (excluding diaryl/α,β-unsaturated/α-hetero) is 1. The second-order valence-electron chi connectivity index (χ2n) is 6.07. The number of pyridine rings is 1. The van der Waals surface area contributed by atoms with E-state index in [1.165, 1.54) is 0 Å². The molecule has 0 amide bonds. The second kappa shape index (κ2) is 3.79. The van der Waals surface area contributed by atoms with Crippen molar-refractivity contribution in [2.45, 2.75) is 32.3 Å². The highest BCUT2D eigenvalue weighted by atomic mass is 35.5. The predicted octanol–water partition coefficient (Wildman–Crippen LogP) is 2.60. The van der Waals surface area contributed by atoms with E-state index < -0.39 is 5.60 Å². The zero-order valence-electron chi connectivity index (χ0n) is 10.9. The molecule has 2 aliphatic rings. The molecule has 0 radical (unpaired) electrons. The average Bonchev–Trinajstić information content (AvgIpc) is 2.94. The van der Waals surface area contributed by atoms with Gasteiger partial charge in [-0.05, 0) is 32.4 Å². The van der Waals surface area contributed by atoms with Crippen molar-refractivity contribution in [2.24, 2.45) is 11.8 Å². The van der Waals surface area contributed by atoms with Crippen molar-refractivity contribution >= 4 is 23.4 Å². The lowest BCUT2D eigenvalue weighted by Crippen LogP contribution is -2.26. The van der Waals surface area contributed by atoms with Gasteiger partial charge in [-0.15, -0.1) is 0 Å². The van der Waals surface area contributed by atoms with Gasteiger partial charge in [0, 0.05) is 23.6 Å². The summed E-state index contributed by atoms with van der Waals surface area (Å²) in [6, 6.07) is 1.58. The minimum Gasteiger partial charge on any atom is -0.460 e. The number of rotatable bonds is 1. The third-order valence-electron chi connectivity index (χ3n) is 3.53. The number of hydrogen-bond donors (Lipinski definition) is 0. The van der Waals surface area contributed by atoms with Gasteiger partial charge >= 0.3 is 5.97 Å². The fraction of sp³-hybridized carbons (Fsp3) is 0.500. The maximum Gasteiger partial charge on any atom is 0.310 e. The standard InChI is InChI=1S/C14H14ClNO3/c1-14(2,3)19-13(18)11-9-7-5-16-8(15)4-6(7)12(17)10(9)11/h4-5,9-11H,1-3H3/t9-,10-,11-/m0/s1. The van der Waals surface area contributed by atoms with Crippen LogP contribution in [0.5, 0.6) is 0 Å². The Bertz CT molecular complexity index is 591. The van der Waals surface area contributed by atoms with Crippen molar-refractivity contribution in [3.8, 4) is 0 Å². The Balaban J connectivity index is 1.85. The number of nitrogens with zero attached hydrogens (tertiary/aromatic N) is 1. The maximum absolute atomic E-state index is 12.2. The number of ether oxygens (including phenoxy) is 1. The van der Waals surface area contributed by atoms with Crippen LogP contribution >= 0.6 is 11.6 Å². The van der Waals surface area contributed by atoms with Gasteiger partial charge in [0.2, 0.25) is 0 Å². The van der Waals surface area contributed by atoms with E-state index in [-0.39, 0.29) is 29.5 Å². The monoisotopic (exact) mass is 279 g/mol. The van der Waals surface area contributed by atoms with Crippen LogP contribution in [0.25, 0.3) is 0 Å². The van der Waals surface area contributed by atoms with Crippen LogP contribution in [0.3, 0.4) is 0 Å². The van der Waals surface area contributed by atoms with Crippen LogP contribution < -0.4 is 0 Å². The normalized spacial score (nSPS) is 27.8. The lowest BCUT2D eigenvalue weighted by atomic mass is 10.0. The summed E-state index contributed by atoms with van der Waals surface area (Å²) in [6.45, 7) is 5.46. The van der Waals surface area contributed by atoms with Crippen LogP contribution in [0.4, 0.5) is 0 Å². The highest BCUT2D eigenvalue weighted by molar-refractivity contribution is 6.30. The van der Waals surface area contributed by atoms with Gasteiger partial charge in [0.15, 0.2) is 5.78 Å². The molecule has 0 N–H and O–H groups in total. The summed E-state index contributed by atoms with van der Waals surface area (Å²) in [5, 5.41) is 0.308. The van der Waals surface area contributed by atoms with Gasteiger partial charge in [-0.1, -0.05) is 11.6 Å². The van der Waals surface area contributed by atoms with Crippen LogP contribution in [0.1, 0.15) is 42.6 Å². The highest BCUT2D eigenvalue weighted by Gasteiger charge is 2.65. The molecule has 4 nitrogen and oxygen atoms in total. The van der Waals surface area contributed by atoms with Crippen molar-refractivity contribution in [3.05, 3.63) is 28.5 Å². The molecule has 3 rings (SSSR count). The molecule has 0 aromatic carbocycles. The molecule has 0 bridgehead atoms. The van der Waals surface area contributed by atoms with Crippen LogP contribution in [0, 0.1) is 11.8 Å². The van der Waals surface area contributed by atoms with Crippen molar-refractivity contribution in [2.75, 3.05) is 0 Å². The Morgan fingerprint density at radius 3 is 2.68 bits per heavy atom. The van der Waals surface area contributed by atoms with Gasteiger partial charge in [0.25, 0.3) is 0 Å². The SMILES string of the molecule is CC(C)(C)OC(=O)[C@@H]1[C@H]2C(=O)c3cc(Cl)ncc3[C@H]12. The molecule has 1 saturated carbocycles. The van der Waals surface area contributed by atoms with Gasteiger partial charge in [-0.3, -0.25) is 9.59 Å². The van der Waals surface area contributed by atoms with E-state index >= 15 is 0 Å². The van der Waals surface area contributed by atoms with E-state index in [1.807, 2.05) is 20.8 Å². The molecule has 2 aliphatic carbocycles. The van der Waals surface area contributed by atoms with Gasteiger partial charge in [-0.2, -0.15) is 0 Å². The van der Waals surface area contributed by atoms with Gasteiger partial charge in [-0.25, -0.2) is 4.98 Å². The number of carbonyl (C=O) groups excluding carboxylic acids is 2. The van der Waals surface area contributed by atoms with Crippen LogP contribution in [-0.4, -0.2) is 22.3 Å². The summed E-state index contributed by atoms with van der Waals surface area (Å²) in [5.74, 6) is -0.994. The zero-order chi connectivity index (χ0) is 13.9. The quantitative estimate of drug-likeness (QED) is 0.586. The third-order valence-corrected chi connectivity index (χ3v) is 3.73. The Hall–Kier alpha value is -1.42. The molecule has 1 fully saturated rings. The molecule has 100 valence electrons. The molecule has 1 aromatic heterocycles. The summed E-state index contributed by atoms with van der Waals surface area (Å²) >= 11 is 5.78. The van der Waals surface area contributed by atoms with E-state index in [0.717, 1.165) is 5.56 Å². The summed E-state index contributed by atoms with van der Waals surface area (Å²) < 4.78 is 5.35. The Kier molecular flexibility index (Phi) is 2.52. The Labute approximate surface area is 116 Å². The molecule has 0 spiro atoms. The molecule has 1 heterocycles. The fourth-order valence-electron chi connectivity index (χ4n) is 2.79. The van der Waals surface area contributed by atoms with Crippen LogP contribution in [-0.2, 0) is 9.53 Å². The second-order valence-corrected chi connectivity index (χ2v) is 6.46. The summed E-state index contributed by atoms with van der Waals surface area (Å²) in [5.41, 5.74) is 0.906. The van der Waals surface area contributed by atoms with Crippen LogP contribution in [0.2, 0.25) is 5.15 Å². The molecule has 1 aromatic rings. The molecule has 19 heavy (non-hydrogen) atoms. The minimum absolute atomic E-state index is 0.0137. The predicted molar refractivity (Wildman–Crippen MR) is 69.1 cm³/mol. The number of halogens is 1. The Morgan fingerprint density at radius 1 is 1.37 bits per heavy atom. The largest absolute Gasteiger partial charge is 0.460 e. The number of aromatic nitrogens is 1. The first-order valence-electron chi connectivity index (χ1n) is 6.22. The zero-order valence-corrected chi connectivity index (χ0v) is 11.7. The number of fused-ring (bicyclic) bond motifs is 3. The summed E-state index contributed by atoms with van der Waals surface area (Å²) in [7, 11) is 0. The summed E-state index contributed by atoms with van der Waals surface area (Å²) in [6.07, 6.45) is 1.60. The average molecular weight is 280 g/mol.